The molecule has 2 aliphatic carbocycles. The second kappa shape index (κ2) is 5.10. The van der Waals surface area contributed by atoms with E-state index in [2.05, 4.69) is 60.7 Å². The van der Waals surface area contributed by atoms with Crippen LogP contribution in [0.2, 0.25) is 0 Å². The van der Waals surface area contributed by atoms with E-state index in [1.807, 2.05) is 12.1 Å². The summed E-state index contributed by atoms with van der Waals surface area (Å²) in [6, 6.07) is 14.7. The van der Waals surface area contributed by atoms with E-state index >= 15 is 0 Å². The molecule has 2 aliphatic rings. The summed E-state index contributed by atoms with van der Waals surface area (Å²) in [7, 11) is 0. The molecule has 1 atom stereocenters. The van der Waals surface area contributed by atoms with E-state index in [4.69, 9.17) is 4.42 Å². The molecular formula is C20H16O. The lowest BCUT2D eigenvalue weighted by atomic mass is 9.90. The first kappa shape index (κ1) is 12.2. The predicted octanol–water partition coefficient (Wildman–Crippen LogP) is 5.27. The SMILES string of the molecule is C1=CC2=C(C=C(c3ccco3)C2)C(c2ccccc2)C=C1. The molecule has 0 N–H and O–H groups in total. The van der Waals surface area contributed by atoms with Gasteiger partial charge in [0, 0.05) is 12.3 Å². The minimum absolute atomic E-state index is 0.323. The Bertz CT molecular complexity index is 755. The minimum atomic E-state index is 0.323. The van der Waals surface area contributed by atoms with Gasteiger partial charge in [0.25, 0.3) is 0 Å². The molecule has 1 heterocycles. The summed E-state index contributed by atoms with van der Waals surface area (Å²) in [4.78, 5) is 0. The first-order valence-corrected chi connectivity index (χ1v) is 7.29. The average Bonchev–Trinajstić information content (AvgIpc) is 3.15. The van der Waals surface area contributed by atoms with Gasteiger partial charge in [-0.1, -0.05) is 60.7 Å². The fourth-order valence-corrected chi connectivity index (χ4v) is 3.10. The van der Waals surface area contributed by atoms with Gasteiger partial charge in [-0.25, -0.2) is 0 Å². The standard InChI is InChI=1S/C20H16O/c1-2-7-15(8-3-1)18-10-5-4-9-16-13-17(14-19(16)18)20-11-6-12-21-20/h1-12,14,18H,13H2. The third-order valence-corrected chi connectivity index (χ3v) is 4.12. The van der Waals surface area contributed by atoms with Crippen LogP contribution < -0.4 is 0 Å². The number of allylic oxidation sites excluding steroid dienone is 8. The summed E-state index contributed by atoms with van der Waals surface area (Å²) in [5, 5.41) is 0. The largest absolute Gasteiger partial charge is 0.465 e. The fourth-order valence-electron chi connectivity index (χ4n) is 3.10. The molecular weight excluding hydrogens is 256 g/mol. The van der Waals surface area contributed by atoms with Gasteiger partial charge in [0.15, 0.2) is 0 Å². The summed E-state index contributed by atoms with van der Waals surface area (Å²) in [5.41, 5.74) is 5.38. The molecule has 0 amide bonds. The Morgan fingerprint density at radius 1 is 0.952 bits per heavy atom. The number of benzene rings is 1. The summed E-state index contributed by atoms with van der Waals surface area (Å²) >= 11 is 0. The maximum absolute atomic E-state index is 5.56. The van der Waals surface area contributed by atoms with Crippen LogP contribution in [-0.2, 0) is 0 Å². The zero-order chi connectivity index (χ0) is 14.1. The Morgan fingerprint density at radius 3 is 2.67 bits per heavy atom. The van der Waals surface area contributed by atoms with Crippen molar-refractivity contribution in [1.82, 2.24) is 0 Å². The van der Waals surface area contributed by atoms with Crippen LogP contribution in [0.15, 0.2) is 94.7 Å². The lowest BCUT2D eigenvalue weighted by Crippen LogP contribution is -1.97. The highest BCUT2D eigenvalue weighted by Crippen LogP contribution is 2.41. The van der Waals surface area contributed by atoms with E-state index in [9.17, 15) is 0 Å². The topological polar surface area (TPSA) is 13.1 Å². The van der Waals surface area contributed by atoms with Crippen LogP contribution in [0.4, 0.5) is 0 Å². The Labute approximate surface area is 124 Å². The quantitative estimate of drug-likeness (QED) is 0.725. The Hall–Kier alpha value is -2.54. The van der Waals surface area contributed by atoms with Crippen LogP contribution in [0.5, 0.6) is 0 Å². The molecule has 0 bridgehead atoms. The molecule has 1 aromatic heterocycles. The normalized spacial score (nSPS) is 20.4. The van der Waals surface area contributed by atoms with Crippen molar-refractivity contribution in [3.63, 3.8) is 0 Å². The molecule has 0 aliphatic heterocycles. The predicted molar refractivity (Wildman–Crippen MR) is 85.8 cm³/mol. The fraction of sp³-hybridized carbons (Fsp3) is 0.100. The molecule has 1 unspecified atom stereocenters. The van der Waals surface area contributed by atoms with Crippen LogP contribution in [0, 0.1) is 0 Å². The molecule has 0 saturated heterocycles. The first-order valence-electron chi connectivity index (χ1n) is 7.29. The third kappa shape index (κ3) is 2.21. The van der Waals surface area contributed by atoms with Crippen LogP contribution in [-0.4, -0.2) is 0 Å². The molecule has 1 aromatic carbocycles. The number of hydrogen-bond acceptors (Lipinski definition) is 1. The lowest BCUT2D eigenvalue weighted by Gasteiger charge is -2.14. The van der Waals surface area contributed by atoms with Crippen molar-refractivity contribution < 1.29 is 4.42 Å². The van der Waals surface area contributed by atoms with E-state index in [0.29, 0.717) is 5.92 Å². The second-order valence-electron chi connectivity index (χ2n) is 5.44. The highest BCUT2D eigenvalue weighted by atomic mass is 16.3. The van der Waals surface area contributed by atoms with Gasteiger partial charge in [-0.05, 0) is 34.4 Å². The minimum Gasteiger partial charge on any atom is -0.465 e. The number of furan rings is 1. The van der Waals surface area contributed by atoms with Crippen molar-refractivity contribution in [3.05, 3.63) is 102 Å². The van der Waals surface area contributed by atoms with Gasteiger partial charge in [-0.15, -0.1) is 0 Å². The second-order valence-corrected chi connectivity index (χ2v) is 5.44. The zero-order valence-electron chi connectivity index (χ0n) is 11.7. The van der Waals surface area contributed by atoms with Gasteiger partial charge in [-0.2, -0.15) is 0 Å². The van der Waals surface area contributed by atoms with Gasteiger partial charge in [0.05, 0.1) is 6.26 Å². The van der Waals surface area contributed by atoms with E-state index in [1.54, 1.807) is 6.26 Å². The van der Waals surface area contributed by atoms with Crippen LogP contribution >= 0.6 is 0 Å². The van der Waals surface area contributed by atoms with Gasteiger partial charge in [-0.3, -0.25) is 0 Å². The molecule has 4 rings (SSSR count). The molecule has 2 aromatic rings. The van der Waals surface area contributed by atoms with E-state index in [0.717, 1.165) is 12.2 Å². The van der Waals surface area contributed by atoms with Crippen molar-refractivity contribution >= 4 is 5.57 Å². The zero-order valence-corrected chi connectivity index (χ0v) is 11.7. The third-order valence-electron chi connectivity index (χ3n) is 4.12. The molecule has 1 heteroatoms. The summed E-state index contributed by atoms with van der Waals surface area (Å²) in [6.45, 7) is 0. The van der Waals surface area contributed by atoms with Crippen molar-refractivity contribution in [2.45, 2.75) is 12.3 Å². The maximum Gasteiger partial charge on any atom is 0.130 e. The Morgan fingerprint density at radius 2 is 1.86 bits per heavy atom. The molecule has 0 spiro atoms. The monoisotopic (exact) mass is 272 g/mol. The van der Waals surface area contributed by atoms with Crippen LogP contribution in [0.3, 0.4) is 0 Å². The van der Waals surface area contributed by atoms with Crippen molar-refractivity contribution in [2.75, 3.05) is 0 Å². The Kier molecular flexibility index (Phi) is 2.97. The average molecular weight is 272 g/mol. The van der Waals surface area contributed by atoms with E-state index in [-0.39, 0.29) is 0 Å². The molecule has 102 valence electrons. The van der Waals surface area contributed by atoms with E-state index in [1.165, 1.54) is 22.3 Å². The highest BCUT2D eigenvalue weighted by molar-refractivity contribution is 5.75. The first-order chi connectivity index (χ1) is 10.4. The molecule has 0 radical (unpaired) electrons. The van der Waals surface area contributed by atoms with Gasteiger partial charge in [0.1, 0.15) is 5.76 Å². The van der Waals surface area contributed by atoms with Crippen molar-refractivity contribution in [3.8, 4) is 0 Å². The van der Waals surface area contributed by atoms with Crippen molar-refractivity contribution in [1.29, 1.82) is 0 Å². The van der Waals surface area contributed by atoms with Gasteiger partial charge >= 0.3 is 0 Å². The molecule has 0 fully saturated rings. The number of hydrogen-bond donors (Lipinski definition) is 0. The summed E-state index contributed by atoms with van der Waals surface area (Å²) in [5.74, 6) is 1.30. The van der Waals surface area contributed by atoms with Gasteiger partial charge < -0.3 is 4.42 Å². The molecule has 0 saturated carbocycles. The highest BCUT2D eigenvalue weighted by Gasteiger charge is 2.23. The maximum atomic E-state index is 5.56. The smallest absolute Gasteiger partial charge is 0.130 e. The van der Waals surface area contributed by atoms with Gasteiger partial charge in [0.2, 0.25) is 0 Å². The molecule has 1 nitrogen and oxygen atoms in total. The van der Waals surface area contributed by atoms with Crippen molar-refractivity contribution in [2.24, 2.45) is 0 Å². The summed E-state index contributed by atoms with van der Waals surface area (Å²) < 4.78 is 5.56. The number of rotatable bonds is 2. The lowest BCUT2D eigenvalue weighted by molar-refractivity contribution is 0.551. The van der Waals surface area contributed by atoms with Crippen LogP contribution in [0.25, 0.3) is 5.57 Å². The van der Waals surface area contributed by atoms with Crippen LogP contribution in [0.1, 0.15) is 23.7 Å². The van der Waals surface area contributed by atoms with E-state index < -0.39 is 0 Å². The summed E-state index contributed by atoms with van der Waals surface area (Å²) in [6.07, 6.45) is 13.8. The Balaban J connectivity index is 1.76. The molecule has 21 heavy (non-hydrogen) atoms.